The van der Waals surface area contributed by atoms with Crippen molar-refractivity contribution >= 4 is 5.91 Å². The van der Waals surface area contributed by atoms with Gasteiger partial charge < -0.3 is 37.6 Å². The third kappa shape index (κ3) is 2.61. The molecule has 0 aromatic carbocycles. The average molecular weight is 209 g/mol. The first kappa shape index (κ1) is 13.2. The summed E-state index contributed by atoms with van der Waals surface area (Å²) < 4.78 is 0. The molecule has 0 rings (SSSR count). The standard InChI is InChI=1S/C6H15N3O5/c7-5(14)6(8,9)4(13)3(12)2(11)1-10/h2-4,10-13H,1,8-9H2,(H2,7,14)/t2-,3-,4+/m1/s1. The normalized spacial score (nSPS) is 18.7. The van der Waals surface area contributed by atoms with Gasteiger partial charge in [-0.1, -0.05) is 0 Å². The summed E-state index contributed by atoms with van der Waals surface area (Å²) in [7, 11) is 0. The van der Waals surface area contributed by atoms with Gasteiger partial charge >= 0.3 is 0 Å². The third-order valence-corrected chi connectivity index (χ3v) is 1.82. The number of carbonyl (C=O) groups excluding carboxylic acids is 1. The van der Waals surface area contributed by atoms with Gasteiger partial charge in [0.1, 0.15) is 18.3 Å². The predicted molar refractivity (Wildman–Crippen MR) is 45.4 cm³/mol. The van der Waals surface area contributed by atoms with Crippen molar-refractivity contribution in [2.24, 2.45) is 17.2 Å². The summed E-state index contributed by atoms with van der Waals surface area (Å²) >= 11 is 0. The van der Waals surface area contributed by atoms with Crippen LogP contribution in [0, 0.1) is 0 Å². The largest absolute Gasteiger partial charge is 0.394 e. The lowest BCUT2D eigenvalue weighted by atomic mass is 9.96. The van der Waals surface area contributed by atoms with E-state index in [1.165, 1.54) is 0 Å². The van der Waals surface area contributed by atoms with E-state index in [1.54, 1.807) is 0 Å². The molecule has 14 heavy (non-hydrogen) atoms. The molecule has 0 saturated carbocycles. The molecule has 8 nitrogen and oxygen atoms in total. The lowest BCUT2D eigenvalue weighted by Gasteiger charge is -2.31. The zero-order valence-electron chi connectivity index (χ0n) is 7.37. The maximum absolute atomic E-state index is 10.6. The van der Waals surface area contributed by atoms with E-state index in [-0.39, 0.29) is 0 Å². The van der Waals surface area contributed by atoms with Crippen LogP contribution in [0.2, 0.25) is 0 Å². The monoisotopic (exact) mass is 209 g/mol. The highest BCUT2D eigenvalue weighted by atomic mass is 16.4. The fourth-order valence-electron chi connectivity index (χ4n) is 0.747. The number of hydrogen-bond acceptors (Lipinski definition) is 7. The summed E-state index contributed by atoms with van der Waals surface area (Å²) in [4.78, 5) is 10.6. The zero-order valence-corrected chi connectivity index (χ0v) is 7.37. The van der Waals surface area contributed by atoms with Crippen molar-refractivity contribution in [2.45, 2.75) is 24.0 Å². The molecule has 0 aliphatic carbocycles. The zero-order chi connectivity index (χ0) is 11.5. The number of aliphatic hydroxyl groups is 4. The van der Waals surface area contributed by atoms with Crippen LogP contribution in [-0.4, -0.2) is 56.9 Å². The Kier molecular flexibility index (Phi) is 4.39. The third-order valence-electron chi connectivity index (χ3n) is 1.82. The number of nitrogens with two attached hydrogens (primary N) is 3. The molecule has 0 aliphatic rings. The molecule has 0 fully saturated rings. The highest BCUT2D eigenvalue weighted by molar-refractivity contribution is 5.84. The minimum atomic E-state index is -2.37. The molecular formula is C6H15N3O5. The van der Waals surface area contributed by atoms with Crippen LogP contribution in [0.4, 0.5) is 0 Å². The van der Waals surface area contributed by atoms with E-state index >= 15 is 0 Å². The van der Waals surface area contributed by atoms with Crippen LogP contribution >= 0.6 is 0 Å². The lowest BCUT2D eigenvalue weighted by molar-refractivity contribution is -0.138. The van der Waals surface area contributed by atoms with Gasteiger partial charge in [0.25, 0.3) is 5.91 Å². The molecular weight excluding hydrogens is 194 g/mol. The van der Waals surface area contributed by atoms with Crippen LogP contribution in [0.3, 0.4) is 0 Å². The van der Waals surface area contributed by atoms with Crippen molar-refractivity contribution in [3.63, 3.8) is 0 Å². The Morgan fingerprint density at radius 1 is 1.29 bits per heavy atom. The van der Waals surface area contributed by atoms with Crippen molar-refractivity contribution in [3.8, 4) is 0 Å². The first-order chi connectivity index (χ1) is 6.25. The molecule has 0 radical (unpaired) electrons. The van der Waals surface area contributed by atoms with E-state index in [0.29, 0.717) is 0 Å². The minimum Gasteiger partial charge on any atom is -0.394 e. The number of hydrogen-bond donors (Lipinski definition) is 7. The van der Waals surface area contributed by atoms with Gasteiger partial charge in [-0.3, -0.25) is 4.79 Å². The SMILES string of the molecule is NC(=O)C(N)(N)[C@@H](O)[C@H](O)[C@H](O)CO. The van der Waals surface area contributed by atoms with E-state index in [0.717, 1.165) is 0 Å². The van der Waals surface area contributed by atoms with Crippen molar-refractivity contribution in [2.75, 3.05) is 6.61 Å². The Balaban J connectivity index is 4.60. The molecule has 0 saturated heterocycles. The Bertz CT molecular complexity index is 210. The second-order valence-electron chi connectivity index (χ2n) is 2.98. The molecule has 0 aromatic rings. The Morgan fingerprint density at radius 2 is 1.71 bits per heavy atom. The van der Waals surface area contributed by atoms with E-state index in [9.17, 15) is 9.90 Å². The van der Waals surface area contributed by atoms with Crippen molar-refractivity contribution in [1.82, 2.24) is 0 Å². The van der Waals surface area contributed by atoms with Crippen LogP contribution in [0.5, 0.6) is 0 Å². The molecule has 84 valence electrons. The Labute approximate surface area is 79.9 Å². The van der Waals surface area contributed by atoms with E-state index in [2.05, 4.69) is 0 Å². The fraction of sp³-hybridized carbons (Fsp3) is 0.833. The second-order valence-corrected chi connectivity index (χ2v) is 2.98. The molecule has 0 unspecified atom stereocenters. The maximum Gasteiger partial charge on any atom is 0.255 e. The van der Waals surface area contributed by atoms with Crippen LogP contribution < -0.4 is 17.2 Å². The summed E-state index contributed by atoms with van der Waals surface area (Å²) in [5, 5.41) is 35.7. The maximum atomic E-state index is 10.6. The molecule has 0 heterocycles. The summed E-state index contributed by atoms with van der Waals surface area (Å²) in [5.41, 5.74) is 12.6. The summed E-state index contributed by atoms with van der Waals surface area (Å²) in [5.74, 6) is -1.24. The van der Waals surface area contributed by atoms with Gasteiger partial charge in [-0.15, -0.1) is 0 Å². The number of carbonyl (C=O) groups is 1. The van der Waals surface area contributed by atoms with Gasteiger partial charge in [0.15, 0.2) is 5.66 Å². The average Bonchev–Trinajstić information content (AvgIpc) is 2.13. The smallest absolute Gasteiger partial charge is 0.255 e. The fourth-order valence-corrected chi connectivity index (χ4v) is 0.747. The highest BCUT2D eigenvalue weighted by Gasteiger charge is 2.42. The molecule has 3 atom stereocenters. The van der Waals surface area contributed by atoms with E-state index in [1.807, 2.05) is 0 Å². The van der Waals surface area contributed by atoms with Gasteiger partial charge in [0.05, 0.1) is 6.61 Å². The highest BCUT2D eigenvalue weighted by Crippen LogP contribution is 2.08. The molecule has 8 heteroatoms. The molecule has 0 aromatic heterocycles. The summed E-state index contributed by atoms with van der Waals surface area (Å²) in [6, 6.07) is 0. The lowest BCUT2D eigenvalue weighted by Crippen LogP contribution is -2.71. The van der Waals surface area contributed by atoms with Gasteiger partial charge in [-0.25, -0.2) is 0 Å². The molecule has 0 spiro atoms. The molecule has 0 aliphatic heterocycles. The van der Waals surface area contributed by atoms with Crippen LogP contribution in [0.15, 0.2) is 0 Å². The Hall–Kier alpha value is -0.770. The molecule has 1 amide bonds. The van der Waals surface area contributed by atoms with Crippen LogP contribution in [0.1, 0.15) is 0 Å². The molecule has 0 bridgehead atoms. The van der Waals surface area contributed by atoms with Gasteiger partial charge in [0.2, 0.25) is 0 Å². The minimum absolute atomic E-state index is 0.812. The summed E-state index contributed by atoms with van der Waals surface area (Å²) in [6.07, 6.45) is -5.49. The quantitative estimate of drug-likeness (QED) is 0.222. The van der Waals surface area contributed by atoms with Crippen molar-refractivity contribution in [3.05, 3.63) is 0 Å². The van der Waals surface area contributed by atoms with Crippen LogP contribution in [-0.2, 0) is 4.79 Å². The second kappa shape index (κ2) is 4.64. The first-order valence-electron chi connectivity index (χ1n) is 3.77. The van der Waals surface area contributed by atoms with E-state index in [4.69, 9.17) is 32.5 Å². The van der Waals surface area contributed by atoms with E-state index < -0.39 is 36.5 Å². The van der Waals surface area contributed by atoms with Gasteiger partial charge in [0, 0.05) is 0 Å². The topological polar surface area (TPSA) is 176 Å². The molecule has 10 N–H and O–H groups in total. The number of primary amides is 1. The van der Waals surface area contributed by atoms with Gasteiger partial charge in [-0.05, 0) is 0 Å². The van der Waals surface area contributed by atoms with Gasteiger partial charge in [-0.2, -0.15) is 0 Å². The summed E-state index contributed by atoms with van der Waals surface area (Å²) in [6.45, 7) is -0.812. The van der Waals surface area contributed by atoms with Crippen molar-refractivity contribution in [1.29, 1.82) is 0 Å². The number of rotatable bonds is 5. The Morgan fingerprint density at radius 3 is 2.00 bits per heavy atom. The first-order valence-corrected chi connectivity index (χ1v) is 3.77. The number of amides is 1. The van der Waals surface area contributed by atoms with Crippen molar-refractivity contribution < 1.29 is 25.2 Å². The van der Waals surface area contributed by atoms with Crippen LogP contribution in [0.25, 0.3) is 0 Å². The number of aliphatic hydroxyl groups excluding tert-OH is 4. The predicted octanol–water partition coefficient (Wildman–Crippen LogP) is -4.84.